The van der Waals surface area contributed by atoms with Gasteiger partial charge < -0.3 is 9.84 Å². The van der Waals surface area contributed by atoms with Gasteiger partial charge in [0.2, 0.25) is 0 Å². The van der Waals surface area contributed by atoms with Crippen molar-refractivity contribution in [2.45, 2.75) is 13.3 Å². The highest BCUT2D eigenvalue weighted by Gasteiger charge is 2.12. The molecular weight excluding hydrogens is 235 g/mol. The van der Waals surface area contributed by atoms with Gasteiger partial charge >= 0.3 is 5.97 Å². The highest BCUT2D eigenvalue weighted by atomic mass is 31.1. The Bertz CT molecular complexity index is 424. The fourth-order valence-electron chi connectivity index (χ4n) is 1.28. The molecule has 0 amide bonds. The lowest BCUT2D eigenvalue weighted by atomic mass is 10.4. The molecule has 0 aliphatic carbocycles. The molecule has 0 saturated heterocycles. The second-order valence-electron chi connectivity index (χ2n) is 3.41. The zero-order valence-electron chi connectivity index (χ0n) is 9.80. The van der Waals surface area contributed by atoms with Crippen molar-refractivity contribution in [2.24, 2.45) is 0 Å². The number of esters is 1. The number of aliphatic hydroxyl groups is 1. The first-order chi connectivity index (χ1) is 8.13. The third kappa shape index (κ3) is 4.83. The Balaban J connectivity index is 2.63. The fourth-order valence-corrected chi connectivity index (χ4v) is 2.43. The van der Waals surface area contributed by atoms with Crippen molar-refractivity contribution in [3.8, 4) is 0 Å². The molecule has 0 spiro atoms. The number of rotatable bonds is 5. The summed E-state index contributed by atoms with van der Waals surface area (Å²) >= 11 is 0. The minimum absolute atomic E-state index is 0.0217. The molecule has 0 aliphatic heterocycles. The van der Waals surface area contributed by atoms with Crippen molar-refractivity contribution in [2.75, 3.05) is 6.61 Å². The molecule has 1 aromatic carbocycles. The molecular formula is C13H16O3P+. The molecule has 0 aromatic heterocycles. The maximum absolute atomic E-state index is 11.1. The number of ether oxygens (including phenoxy) is 1. The van der Waals surface area contributed by atoms with Crippen molar-refractivity contribution >= 4 is 25.1 Å². The lowest BCUT2D eigenvalue weighted by molar-refractivity contribution is -0.142. The molecule has 0 fully saturated rings. The van der Waals surface area contributed by atoms with Crippen LogP contribution in [0.5, 0.6) is 0 Å². The summed E-state index contributed by atoms with van der Waals surface area (Å²) < 4.78 is 4.75. The standard InChI is InChI=1S/C13H15O3P/c1-3-16-13(15)9-11(14)10-17(2)12-7-5-4-6-8-12/h4-8,10H,2-3,9H2,1H3/p+1. The molecule has 1 rings (SSSR count). The predicted molar refractivity (Wildman–Crippen MR) is 72.1 cm³/mol. The zero-order chi connectivity index (χ0) is 12.7. The van der Waals surface area contributed by atoms with Crippen LogP contribution in [0.15, 0.2) is 41.9 Å². The predicted octanol–water partition coefficient (Wildman–Crippen LogP) is 2.58. The van der Waals surface area contributed by atoms with Gasteiger partial charge in [-0.3, -0.25) is 4.79 Å². The summed E-state index contributed by atoms with van der Waals surface area (Å²) in [6.07, 6.45) is 3.89. The molecule has 90 valence electrons. The minimum atomic E-state index is -0.825. The maximum atomic E-state index is 11.1. The van der Waals surface area contributed by atoms with Crippen LogP contribution in [0.25, 0.3) is 0 Å². The monoisotopic (exact) mass is 251 g/mol. The first-order valence-corrected chi connectivity index (χ1v) is 6.93. The molecule has 4 heteroatoms. The van der Waals surface area contributed by atoms with E-state index in [9.17, 15) is 9.90 Å². The summed E-state index contributed by atoms with van der Waals surface area (Å²) in [5.74, 6) is 1.23. The van der Waals surface area contributed by atoms with Crippen molar-refractivity contribution in [3.05, 3.63) is 41.9 Å². The molecule has 0 radical (unpaired) electrons. The summed E-state index contributed by atoms with van der Waals surface area (Å²) in [5.41, 5.74) is 0. The normalized spacial score (nSPS) is 12.1. The van der Waals surface area contributed by atoms with E-state index in [4.69, 9.17) is 4.74 Å². The van der Waals surface area contributed by atoms with E-state index in [0.717, 1.165) is 5.30 Å². The zero-order valence-corrected chi connectivity index (χ0v) is 10.7. The summed E-state index contributed by atoms with van der Waals surface area (Å²) in [5, 5.41) is 10.7. The smallest absolute Gasteiger partial charge is 0.313 e. The van der Waals surface area contributed by atoms with Crippen LogP contribution in [0.3, 0.4) is 0 Å². The van der Waals surface area contributed by atoms with Crippen LogP contribution in [0.4, 0.5) is 0 Å². The van der Waals surface area contributed by atoms with Crippen LogP contribution in [0.2, 0.25) is 0 Å². The van der Waals surface area contributed by atoms with Gasteiger partial charge in [-0.1, -0.05) is 18.2 Å². The molecule has 1 aromatic rings. The van der Waals surface area contributed by atoms with Crippen molar-refractivity contribution in [1.82, 2.24) is 0 Å². The number of carbonyl (C=O) groups excluding carboxylic acids is 1. The van der Waals surface area contributed by atoms with Crippen LogP contribution < -0.4 is 5.30 Å². The summed E-state index contributed by atoms with van der Waals surface area (Å²) in [6, 6.07) is 9.67. The number of benzene rings is 1. The topological polar surface area (TPSA) is 46.5 Å². The lowest BCUT2D eigenvalue weighted by Crippen LogP contribution is -2.05. The average molecular weight is 251 g/mol. The van der Waals surface area contributed by atoms with Gasteiger partial charge in [-0.25, -0.2) is 0 Å². The van der Waals surface area contributed by atoms with E-state index in [2.05, 4.69) is 6.30 Å². The molecule has 1 atom stereocenters. The van der Waals surface area contributed by atoms with Gasteiger partial charge in [0.25, 0.3) is 0 Å². The third-order valence-corrected chi connectivity index (χ3v) is 3.59. The van der Waals surface area contributed by atoms with Crippen LogP contribution in [0, 0.1) is 0 Å². The Morgan fingerprint density at radius 2 is 2.12 bits per heavy atom. The first-order valence-electron chi connectivity index (χ1n) is 5.33. The Hall–Kier alpha value is -1.60. The van der Waals surface area contributed by atoms with E-state index in [1.54, 1.807) is 12.7 Å². The summed E-state index contributed by atoms with van der Waals surface area (Å²) in [4.78, 5) is 11.1. The summed E-state index contributed by atoms with van der Waals surface area (Å²) in [7, 11) is -0.825. The van der Waals surface area contributed by atoms with Gasteiger partial charge in [-0.2, -0.15) is 0 Å². The lowest BCUT2D eigenvalue weighted by Gasteiger charge is -1.99. The highest BCUT2D eigenvalue weighted by Crippen LogP contribution is 2.23. The van der Waals surface area contributed by atoms with Gasteiger partial charge in [-0.05, 0) is 19.1 Å². The average Bonchev–Trinajstić information content (AvgIpc) is 2.30. The van der Waals surface area contributed by atoms with E-state index in [-0.39, 0.29) is 12.2 Å². The van der Waals surface area contributed by atoms with E-state index < -0.39 is 13.5 Å². The molecule has 0 heterocycles. The van der Waals surface area contributed by atoms with Crippen LogP contribution in [0.1, 0.15) is 13.3 Å². The Morgan fingerprint density at radius 1 is 1.47 bits per heavy atom. The van der Waals surface area contributed by atoms with Crippen molar-refractivity contribution in [1.29, 1.82) is 0 Å². The van der Waals surface area contributed by atoms with Crippen LogP contribution in [-0.4, -0.2) is 24.0 Å². The van der Waals surface area contributed by atoms with Gasteiger partial charge in [-0.15, -0.1) is 0 Å². The molecule has 0 saturated carbocycles. The van der Waals surface area contributed by atoms with Gasteiger partial charge in [0.05, 0.1) is 12.9 Å². The number of aliphatic hydroxyl groups excluding tert-OH is 1. The molecule has 3 nitrogen and oxygen atoms in total. The maximum Gasteiger partial charge on any atom is 0.313 e. The van der Waals surface area contributed by atoms with Gasteiger partial charge in [0.15, 0.2) is 18.7 Å². The van der Waals surface area contributed by atoms with Gasteiger partial charge in [0, 0.05) is 0 Å². The number of hydrogen-bond acceptors (Lipinski definition) is 3. The Kier molecular flexibility index (Phi) is 5.44. The van der Waals surface area contributed by atoms with Crippen molar-refractivity contribution < 1.29 is 14.6 Å². The molecule has 1 unspecified atom stereocenters. The van der Waals surface area contributed by atoms with E-state index in [1.165, 1.54) is 0 Å². The highest BCUT2D eigenvalue weighted by molar-refractivity contribution is 7.66. The SMILES string of the molecule is C=[P+](C=C(O)CC(=O)OCC)c1ccccc1. The molecule has 17 heavy (non-hydrogen) atoms. The largest absolute Gasteiger partial charge is 0.508 e. The fraction of sp³-hybridized carbons (Fsp3) is 0.231. The molecule has 1 N–H and O–H groups in total. The number of hydrogen-bond donors (Lipinski definition) is 1. The van der Waals surface area contributed by atoms with E-state index >= 15 is 0 Å². The van der Waals surface area contributed by atoms with E-state index in [0.29, 0.717) is 6.61 Å². The first kappa shape index (κ1) is 13.5. The van der Waals surface area contributed by atoms with Crippen LogP contribution in [-0.2, 0) is 9.53 Å². The Labute approximate surface area is 102 Å². The minimum Gasteiger partial charge on any atom is -0.508 e. The second kappa shape index (κ2) is 6.87. The quantitative estimate of drug-likeness (QED) is 0.497. The summed E-state index contributed by atoms with van der Waals surface area (Å²) in [6.45, 7) is 2.06. The van der Waals surface area contributed by atoms with Crippen molar-refractivity contribution in [3.63, 3.8) is 0 Å². The Morgan fingerprint density at radius 3 is 2.71 bits per heavy atom. The number of carbonyl (C=O) groups is 1. The molecule has 0 bridgehead atoms. The van der Waals surface area contributed by atoms with Gasteiger partial charge in [0.1, 0.15) is 12.2 Å². The van der Waals surface area contributed by atoms with E-state index in [1.807, 2.05) is 30.3 Å². The van der Waals surface area contributed by atoms with Crippen LogP contribution >= 0.6 is 7.55 Å². The molecule has 0 aliphatic rings. The third-order valence-electron chi connectivity index (χ3n) is 2.02. The second-order valence-corrected chi connectivity index (χ2v) is 5.12.